The van der Waals surface area contributed by atoms with E-state index in [-0.39, 0.29) is 98.2 Å². The van der Waals surface area contributed by atoms with E-state index in [1.54, 1.807) is 104 Å². The molecule has 0 aliphatic carbocycles. The molecule has 0 spiro atoms. The maximum atomic E-state index is 11.7. The summed E-state index contributed by atoms with van der Waals surface area (Å²) in [5.41, 5.74) is 7.28. The third-order valence-corrected chi connectivity index (χ3v) is 14.9. The highest BCUT2D eigenvalue weighted by Gasteiger charge is 2.37. The van der Waals surface area contributed by atoms with E-state index in [1.807, 2.05) is 24.3 Å². The predicted octanol–water partition coefficient (Wildman–Crippen LogP) is 4.24. The highest BCUT2D eigenvalue weighted by atomic mass is 79.9. The van der Waals surface area contributed by atoms with Crippen molar-refractivity contribution in [2.75, 3.05) is 67.1 Å². The van der Waals surface area contributed by atoms with Crippen molar-refractivity contribution in [3.05, 3.63) is 0 Å². The number of alkyl halides is 1. The maximum absolute atomic E-state index is 11.7. The number of halogens is 2. The van der Waals surface area contributed by atoms with Gasteiger partial charge in [-0.1, -0.05) is 15.9 Å². The van der Waals surface area contributed by atoms with Crippen LogP contribution in [-0.2, 0) is 95.3 Å². The van der Waals surface area contributed by atoms with Crippen LogP contribution in [0.2, 0.25) is 0 Å². The minimum atomic E-state index is -1.11. The van der Waals surface area contributed by atoms with Crippen molar-refractivity contribution in [3.63, 3.8) is 0 Å². The Hall–Kier alpha value is -10.3. The minimum Gasteiger partial charge on any atom is -0.469 e. The van der Waals surface area contributed by atoms with Gasteiger partial charge < -0.3 is 107 Å². The zero-order valence-electron chi connectivity index (χ0n) is 68.8. The number of hydrogen-bond acceptors (Lipinski definition) is 30. The zero-order chi connectivity index (χ0) is 87.8. The fraction of sp³-hybridized carbons (Fsp3) is 0.736. The number of esters is 5. The van der Waals surface area contributed by atoms with Crippen molar-refractivity contribution in [3.8, 4) is 24.3 Å². The predicted molar refractivity (Wildman–Crippen MR) is 411 cm³/mol. The lowest BCUT2D eigenvalue weighted by atomic mass is 9.97. The topological polar surface area (TPSA) is 604 Å². The van der Waals surface area contributed by atoms with Gasteiger partial charge in [0.2, 0.25) is 29.5 Å². The van der Waals surface area contributed by atoms with Crippen molar-refractivity contribution < 1.29 is 119 Å². The summed E-state index contributed by atoms with van der Waals surface area (Å²) in [7, 11) is 6.02. The summed E-state index contributed by atoms with van der Waals surface area (Å²) < 4.78 is 48.1. The molecule has 0 aromatic carbocycles. The summed E-state index contributed by atoms with van der Waals surface area (Å²) in [5.74, 6) is -5.68. The molecule has 4 fully saturated rings. The van der Waals surface area contributed by atoms with Crippen LogP contribution in [-0.4, -0.2) is 221 Å². The Morgan fingerprint density at radius 1 is 0.439 bits per heavy atom. The quantitative estimate of drug-likeness (QED) is 0.0366. The van der Waals surface area contributed by atoms with Crippen LogP contribution in [0.5, 0.6) is 0 Å². The van der Waals surface area contributed by atoms with Crippen molar-refractivity contribution in [2.45, 2.75) is 245 Å². The molecule has 4 aliphatic heterocycles. The number of nitrogens with two attached hydrogens (primary N) is 2. The molecule has 0 saturated carbocycles. The van der Waals surface area contributed by atoms with E-state index in [0.29, 0.717) is 57.1 Å². The fourth-order valence-electron chi connectivity index (χ4n) is 9.62. The molecule has 4 saturated heterocycles. The SMILES string of the molecule is CC(C)(C)OC(=O)N[C@@H](C[C@@H]1CCNC1=O)C(N)=O.CC(C)(C)OC(=O)N[C@H](C#N)C[C@@H]1CCNC1=O.COC(=O)CC[C@H](NC(=O)OC(C)(C)C)C(=O)OC.COC(=O)[C@@H](CC#N)C[C@H](NC(=O)OC(C)(C)C)C(=O)OC.COC(=O)[C@H](C[C@@H]1CCNC1=O)NC(=O)OC(C)(C)C.Cl.N#CCBr.N#C[C@@H](N)C[C@@H]1CCNC1=O. The number of nitriles is 4. The van der Waals surface area contributed by atoms with Gasteiger partial charge >= 0.3 is 60.3 Å². The van der Waals surface area contributed by atoms with Crippen LogP contribution in [0.4, 0.5) is 24.0 Å². The van der Waals surface area contributed by atoms with Crippen molar-refractivity contribution in [1.82, 2.24) is 47.9 Å². The Morgan fingerprint density at radius 3 is 1.03 bits per heavy atom. The van der Waals surface area contributed by atoms with Gasteiger partial charge in [0.25, 0.3) is 0 Å². The highest BCUT2D eigenvalue weighted by Crippen LogP contribution is 2.22. The Kier molecular flexibility index (Phi) is 54.1. The molecule has 114 heavy (non-hydrogen) atoms. The summed E-state index contributed by atoms with van der Waals surface area (Å²) in [4.78, 5) is 172. The Bertz CT molecular complexity index is 3310. The second kappa shape index (κ2) is 56.1. The molecule has 0 radical (unpaired) electrons. The van der Waals surface area contributed by atoms with Crippen LogP contribution < -0.4 is 59.3 Å². The van der Waals surface area contributed by atoms with Crippen LogP contribution in [0, 0.1) is 74.9 Å². The molecule has 10 amide bonds. The van der Waals surface area contributed by atoms with Crippen molar-refractivity contribution >= 4 is 118 Å². The molecule has 11 atom stereocenters. The standard InChI is InChI=1S/C14H22N2O6.C13H22N2O5.C12H21N3O4.C12H19N3O3.C12H21NO6.C7H11N3O.C2H2BrN.ClH/c1-14(2,3)22-13(19)16-10(12(18)21-5)8-9(6-7-15)11(17)20-4;1-13(2,3)20-12(18)15-9(11(17)19-4)7-8-5-6-14-10(8)16;1-12(2,3)19-11(18)15-8(9(13)16)6-7-4-5-14-10(7)17;1-12(2,3)18-11(17)15-9(7-13)6-8-4-5-14-10(8)16;1-12(2,3)19-11(16)13-8(10(15)18-5)6-7-9(14)17-4;8-4-6(9)3-5-1-2-10-7(5)11;3-1-2-4;/h9-10H,6,8H2,1-5H3,(H,16,19);8-9H,5-7H2,1-4H3,(H,14,16)(H,15,18);7-8H,4-6H2,1-3H3,(H2,13,16)(H,14,17)(H,15,18);8-9H,4-6H2,1-3H3,(H,14,16)(H,15,17);8H,6-7H2,1-5H3,(H,13,16);5-6H,1-3,9H2,(H,10,11);1H2;1H/t9-,10-;8-,9-;7-,8-;8-,9-;8-;5-,6-;;/m000000../s1. The number of alkyl carbamates (subject to hydrolysis) is 5. The summed E-state index contributed by atoms with van der Waals surface area (Å²) >= 11 is 2.89. The molecule has 0 aromatic heterocycles. The number of rotatable bonds is 24. The number of carbonyl (C=O) groups is 15. The first-order chi connectivity index (χ1) is 52.2. The van der Waals surface area contributed by atoms with E-state index in [0.717, 1.165) is 20.1 Å². The van der Waals surface area contributed by atoms with Gasteiger partial charge in [0.1, 0.15) is 58.2 Å². The van der Waals surface area contributed by atoms with Crippen LogP contribution in [0.1, 0.15) is 181 Å². The van der Waals surface area contributed by atoms with E-state index in [9.17, 15) is 71.9 Å². The second-order valence-electron chi connectivity index (χ2n) is 30.1. The number of methoxy groups -OCH3 is 5. The van der Waals surface area contributed by atoms with Crippen molar-refractivity contribution in [2.24, 2.45) is 41.1 Å². The summed E-state index contributed by atoms with van der Waals surface area (Å²) in [6, 6.07) is 2.53. The average molecular weight is 1710 g/mol. The summed E-state index contributed by atoms with van der Waals surface area (Å²) in [5, 5.41) is 56.9. The third-order valence-electron chi connectivity index (χ3n) is 14.6. The van der Waals surface area contributed by atoms with Crippen LogP contribution >= 0.6 is 28.3 Å². The van der Waals surface area contributed by atoms with Crippen LogP contribution in [0.25, 0.3) is 0 Å². The van der Waals surface area contributed by atoms with E-state index in [4.69, 9.17) is 56.2 Å². The molecular weight excluding hydrogens is 1590 g/mol. The Labute approximate surface area is 680 Å². The minimum absolute atomic E-state index is 0. The monoisotopic (exact) mass is 1710 g/mol. The molecule has 40 nitrogen and oxygen atoms in total. The van der Waals surface area contributed by atoms with Gasteiger partial charge in [0.05, 0.1) is 77.1 Å². The molecule has 4 heterocycles. The first kappa shape index (κ1) is 110. The van der Waals surface area contributed by atoms with Crippen LogP contribution in [0.3, 0.4) is 0 Å². The van der Waals surface area contributed by atoms with Gasteiger partial charge in [-0.3, -0.25) is 33.6 Å². The molecule has 0 unspecified atom stereocenters. The van der Waals surface area contributed by atoms with Gasteiger partial charge in [0, 0.05) is 62.7 Å². The fourth-order valence-corrected chi connectivity index (χ4v) is 9.62. The lowest BCUT2D eigenvalue weighted by Gasteiger charge is -2.23. The summed E-state index contributed by atoms with van der Waals surface area (Å²) in [6.45, 7) is 28.2. The number of nitrogens with zero attached hydrogens (tertiary/aromatic N) is 4. The maximum Gasteiger partial charge on any atom is 0.408 e. The first-order valence-corrected chi connectivity index (χ1v) is 36.9. The van der Waals surface area contributed by atoms with E-state index >= 15 is 0 Å². The van der Waals surface area contributed by atoms with Gasteiger partial charge in [-0.15, -0.1) is 12.4 Å². The Morgan fingerprint density at radius 2 is 0.737 bits per heavy atom. The van der Waals surface area contributed by atoms with E-state index in [1.165, 1.54) is 28.4 Å². The molecule has 42 heteroatoms. The first-order valence-electron chi connectivity index (χ1n) is 35.8. The molecule has 13 N–H and O–H groups in total. The number of primary amides is 1. The average Bonchev–Trinajstić information content (AvgIpc) is 1.33. The van der Waals surface area contributed by atoms with Gasteiger partial charge in [-0.25, -0.2) is 38.4 Å². The summed E-state index contributed by atoms with van der Waals surface area (Å²) in [6.07, 6.45) is 0.210. The molecule has 646 valence electrons. The normalized spacial score (nSPS) is 17.5. The molecule has 4 rings (SSSR count). The second-order valence-corrected chi connectivity index (χ2v) is 30.7. The molecule has 4 aliphatic rings. The highest BCUT2D eigenvalue weighted by molar-refractivity contribution is 9.09. The number of hydrogen-bond donors (Lipinski definition) is 11. The van der Waals surface area contributed by atoms with Gasteiger partial charge in [0.15, 0.2) is 0 Å². The lowest BCUT2D eigenvalue weighted by molar-refractivity contribution is -0.148. The van der Waals surface area contributed by atoms with Crippen LogP contribution in [0.15, 0.2) is 0 Å². The van der Waals surface area contributed by atoms with Gasteiger partial charge in [-0.05, 0) is 168 Å². The molecular formula is C72H119BrClN15O25. The molecule has 0 aromatic rings. The largest absolute Gasteiger partial charge is 0.469 e. The number of nitrogens with one attached hydrogen (secondary N) is 9. The zero-order valence-corrected chi connectivity index (χ0v) is 71.2. The van der Waals surface area contributed by atoms with Gasteiger partial charge in [-0.2, -0.15) is 21.0 Å². The van der Waals surface area contributed by atoms with Crippen molar-refractivity contribution in [1.29, 1.82) is 21.0 Å². The van der Waals surface area contributed by atoms with E-state index in [2.05, 4.69) is 87.5 Å². The third kappa shape index (κ3) is 54.4. The molecule has 0 bridgehead atoms. The smallest absolute Gasteiger partial charge is 0.408 e. The number of ether oxygens (including phenoxy) is 10. The number of carbonyl (C=O) groups excluding carboxylic acids is 15. The number of amides is 10. The Balaban J connectivity index is -0.000000634. The lowest BCUT2D eigenvalue weighted by Crippen LogP contribution is -2.47. The van der Waals surface area contributed by atoms with E-state index < -0.39 is 136 Å².